The second-order valence-corrected chi connectivity index (χ2v) is 6.35. The molecule has 0 bridgehead atoms. The lowest BCUT2D eigenvalue weighted by atomic mass is 10.1. The summed E-state index contributed by atoms with van der Waals surface area (Å²) in [6, 6.07) is 9.17. The molecule has 1 aliphatic rings. The van der Waals surface area contributed by atoms with Gasteiger partial charge in [-0.25, -0.2) is 4.98 Å². The number of ether oxygens (including phenoxy) is 1. The number of benzene rings is 1. The number of carbonyl (C=O) groups excluding carboxylic acids is 1. The Labute approximate surface area is 133 Å². The summed E-state index contributed by atoms with van der Waals surface area (Å²) in [4.78, 5) is 15.6. The molecule has 0 spiro atoms. The van der Waals surface area contributed by atoms with Crippen LogP contribution in [0.3, 0.4) is 0 Å². The highest BCUT2D eigenvalue weighted by Gasteiger charge is 2.23. The normalized spacial score (nSPS) is 21.6. The molecule has 0 aliphatic heterocycles. The van der Waals surface area contributed by atoms with Gasteiger partial charge in [-0.15, -0.1) is 11.6 Å². The summed E-state index contributed by atoms with van der Waals surface area (Å²) in [5, 5.41) is 0.632. The highest BCUT2D eigenvalue weighted by molar-refractivity contribution is 6.67. The van der Waals surface area contributed by atoms with Gasteiger partial charge in [0.1, 0.15) is 17.0 Å². The molecule has 0 radical (unpaired) electrons. The van der Waals surface area contributed by atoms with Crippen molar-refractivity contribution >= 4 is 39.3 Å². The maximum Gasteiger partial charge on any atom is 0.270 e. The van der Waals surface area contributed by atoms with Gasteiger partial charge in [-0.3, -0.25) is 4.79 Å². The zero-order valence-corrected chi connectivity index (χ0v) is 12.9. The quantitative estimate of drug-likeness (QED) is 0.618. The monoisotopic (exact) mass is 323 g/mol. The molecule has 5 heteroatoms. The molecule has 1 aliphatic carbocycles. The third-order valence-electron chi connectivity index (χ3n) is 3.84. The van der Waals surface area contributed by atoms with E-state index >= 15 is 0 Å². The highest BCUT2D eigenvalue weighted by Crippen LogP contribution is 2.31. The number of hydrogen-bond donors (Lipinski definition) is 0. The number of carbonyl (C=O) groups is 1. The number of hydrogen-bond acceptors (Lipinski definition) is 3. The first-order valence-corrected chi connectivity index (χ1v) is 7.81. The number of rotatable bonds is 4. The number of fused-ring (bicyclic) bond motifs is 1. The molecule has 2 unspecified atom stereocenters. The van der Waals surface area contributed by atoms with Gasteiger partial charge in [0.05, 0.1) is 6.61 Å². The summed E-state index contributed by atoms with van der Waals surface area (Å²) < 4.78 is 5.91. The summed E-state index contributed by atoms with van der Waals surface area (Å²) in [5.74, 6) is 1.17. The van der Waals surface area contributed by atoms with Crippen molar-refractivity contribution in [2.75, 3.05) is 6.61 Å². The van der Waals surface area contributed by atoms with Crippen molar-refractivity contribution in [2.45, 2.75) is 24.6 Å². The predicted molar refractivity (Wildman–Crippen MR) is 84.4 cm³/mol. The smallest absolute Gasteiger partial charge is 0.270 e. The van der Waals surface area contributed by atoms with Gasteiger partial charge in [-0.2, -0.15) is 0 Å². The fourth-order valence-corrected chi connectivity index (χ4v) is 3.20. The van der Waals surface area contributed by atoms with Crippen molar-refractivity contribution in [1.29, 1.82) is 0 Å². The second kappa shape index (κ2) is 6.20. The lowest BCUT2D eigenvalue weighted by Gasteiger charge is -2.13. The van der Waals surface area contributed by atoms with Crippen LogP contribution in [0.4, 0.5) is 0 Å². The zero-order chi connectivity index (χ0) is 14.8. The first kappa shape index (κ1) is 14.6. The third-order valence-corrected chi connectivity index (χ3v) is 4.43. The fraction of sp³-hybridized carbons (Fsp3) is 0.375. The molecule has 1 aromatic carbocycles. The lowest BCUT2D eigenvalue weighted by molar-refractivity contribution is 0.107. The van der Waals surface area contributed by atoms with Crippen LogP contribution in [-0.4, -0.2) is 22.2 Å². The van der Waals surface area contributed by atoms with Crippen LogP contribution in [0.15, 0.2) is 30.3 Å². The molecule has 0 saturated heterocycles. The molecule has 2 aromatic rings. The van der Waals surface area contributed by atoms with Gasteiger partial charge in [0, 0.05) is 10.8 Å². The van der Waals surface area contributed by atoms with E-state index in [1.807, 2.05) is 24.3 Å². The van der Waals surface area contributed by atoms with Crippen LogP contribution in [0.1, 0.15) is 29.8 Å². The number of pyridine rings is 1. The molecule has 2 atom stereocenters. The van der Waals surface area contributed by atoms with Crippen molar-refractivity contribution in [3.63, 3.8) is 0 Å². The number of para-hydroxylation sites is 1. The Morgan fingerprint density at radius 3 is 2.86 bits per heavy atom. The molecule has 0 N–H and O–H groups in total. The van der Waals surface area contributed by atoms with Gasteiger partial charge in [0.2, 0.25) is 0 Å². The summed E-state index contributed by atoms with van der Waals surface area (Å²) >= 11 is 11.6. The molecular formula is C16H15Cl2NO2. The minimum Gasteiger partial charge on any atom is -0.491 e. The van der Waals surface area contributed by atoms with Crippen molar-refractivity contribution in [2.24, 2.45) is 5.92 Å². The van der Waals surface area contributed by atoms with E-state index in [0.29, 0.717) is 23.8 Å². The molecule has 3 nitrogen and oxygen atoms in total. The van der Waals surface area contributed by atoms with E-state index in [-0.39, 0.29) is 11.1 Å². The van der Waals surface area contributed by atoms with Gasteiger partial charge in [-0.05, 0) is 48.9 Å². The molecule has 1 fully saturated rings. The lowest BCUT2D eigenvalue weighted by Crippen LogP contribution is -2.09. The topological polar surface area (TPSA) is 39.2 Å². The molecule has 3 rings (SSSR count). The first-order valence-electron chi connectivity index (χ1n) is 7.00. The Morgan fingerprint density at radius 1 is 1.29 bits per heavy atom. The SMILES string of the molecule is O=C(Cl)c1ccc2cccc(OCC3CCC(Cl)C3)c2n1. The van der Waals surface area contributed by atoms with Gasteiger partial charge >= 0.3 is 0 Å². The van der Waals surface area contributed by atoms with Crippen molar-refractivity contribution in [3.8, 4) is 5.75 Å². The average molecular weight is 324 g/mol. The Kier molecular flexibility index (Phi) is 4.32. The van der Waals surface area contributed by atoms with E-state index in [4.69, 9.17) is 27.9 Å². The van der Waals surface area contributed by atoms with Crippen LogP contribution in [0, 0.1) is 5.92 Å². The van der Waals surface area contributed by atoms with Crippen LogP contribution in [0.25, 0.3) is 10.9 Å². The van der Waals surface area contributed by atoms with E-state index in [1.54, 1.807) is 6.07 Å². The molecule has 1 heterocycles. The van der Waals surface area contributed by atoms with Crippen molar-refractivity contribution in [1.82, 2.24) is 4.98 Å². The van der Waals surface area contributed by atoms with Crippen molar-refractivity contribution < 1.29 is 9.53 Å². The van der Waals surface area contributed by atoms with E-state index in [1.165, 1.54) is 0 Å². The first-order chi connectivity index (χ1) is 10.1. The Balaban J connectivity index is 1.83. The molecule has 110 valence electrons. The van der Waals surface area contributed by atoms with E-state index < -0.39 is 5.24 Å². The Bertz CT molecular complexity index is 674. The molecule has 21 heavy (non-hydrogen) atoms. The number of halogens is 2. The summed E-state index contributed by atoms with van der Waals surface area (Å²) in [6.45, 7) is 0.628. The number of aromatic nitrogens is 1. The van der Waals surface area contributed by atoms with Gasteiger partial charge in [0.15, 0.2) is 0 Å². The van der Waals surface area contributed by atoms with E-state index in [0.717, 1.165) is 24.6 Å². The standard InChI is InChI=1S/C16H15Cl2NO2/c17-12-6-4-10(8-12)9-21-14-3-1-2-11-5-7-13(16(18)20)19-15(11)14/h1-3,5,7,10,12H,4,6,8-9H2. The molecular weight excluding hydrogens is 309 g/mol. The Hall–Kier alpha value is -1.32. The Morgan fingerprint density at radius 2 is 2.14 bits per heavy atom. The average Bonchev–Trinajstić information content (AvgIpc) is 2.90. The third kappa shape index (κ3) is 3.30. The predicted octanol–water partition coefficient (Wildman–Crippen LogP) is 4.40. The maximum atomic E-state index is 11.3. The fourth-order valence-electron chi connectivity index (χ4n) is 2.72. The van der Waals surface area contributed by atoms with Crippen LogP contribution in [-0.2, 0) is 0 Å². The van der Waals surface area contributed by atoms with Gasteiger partial charge in [-0.1, -0.05) is 18.2 Å². The van der Waals surface area contributed by atoms with E-state index in [9.17, 15) is 4.79 Å². The zero-order valence-electron chi connectivity index (χ0n) is 11.4. The summed E-state index contributed by atoms with van der Waals surface area (Å²) in [7, 11) is 0. The summed E-state index contributed by atoms with van der Waals surface area (Å²) in [5.41, 5.74) is 0.909. The molecule has 1 aromatic heterocycles. The molecule has 1 saturated carbocycles. The number of nitrogens with zero attached hydrogens (tertiary/aromatic N) is 1. The van der Waals surface area contributed by atoms with Gasteiger partial charge in [0.25, 0.3) is 5.24 Å². The maximum absolute atomic E-state index is 11.3. The molecule has 0 amide bonds. The van der Waals surface area contributed by atoms with Gasteiger partial charge < -0.3 is 4.74 Å². The largest absolute Gasteiger partial charge is 0.491 e. The number of alkyl halides is 1. The van der Waals surface area contributed by atoms with Crippen LogP contribution >= 0.6 is 23.2 Å². The summed E-state index contributed by atoms with van der Waals surface area (Å²) in [6.07, 6.45) is 3.14. The van der Waals surface area contributed by atoms with Crippen LogP contribution in [0.2, 0.25) is 0 Å². The van der Waals surface area contributed by atoms with E-state index in [2.05, 4.69) is 4.98 Å². The van der Waals surface area contributed by atoms with Crippen LogP contribution in [0.5, 0.6) is 5.75 Å². The highest BCUT2D eigenvalue weighted by atomic mass is 35.5. The minimum atomic E-state index is -0.563. The van der Waals surface area contributed by atoms with Crippen molar-refractivity contribution in [3.05, 3.63) is 36.0 Å². The second-order valence-electron chi connectivity index (χ2n) is 5.39. The minimum absolute atomic E-state index is 0.238. The van der Waals surface area contributed by atoms with Crippen LogP contribution < -0.4 is 4.74 Å².